The highest BCUT2D eigenvalue weighted by atomic mass is 127. The standard InChI is InChI=1S/C17H13ClF2INO4/c1-9(25-16(24)11-4-2-3-5-13(11)21)15(23)22-10-6-7-14(12(18)8-10)26-17(19)20/h2-9,17H,1H3,(H,22,23). The third-order valence-corrected chi connectivity index (χ3v) is 4.40. The quantitative estimate of drug-likeness (QED) is 0.465. The number of rotatable bonds is 6. The fraction of sp³-hybridized carbons (Fsp3) is 0.176. The van der Waals surface area contributed by atoms with Crippen LogP contribution in [0.4, 0.5) is 14.5 Å². The molecule has 1 unspecified atom stereocenters. The molecule has 0 aromatic heterocycles. The Hall–Kier alpha value is -1.94. The predicted molar refractivity (Wildman–Crippen MR) is 101 cm³/mol. The van der Waals surface area contributed by atoms with Crippen LogP contribution in [0.5, 0.6) is 5.75 Å². The van der Waals surface area contributed by atoms with Crippen LogP contribution in [0.15, 0.2) is 42.5 Å². The summed E-state index contributed by atoms with van der Waals surface area (Å²) in [7, 11) is 0. The van der Waals surface area contributed by atoms with Gasteiger partial charge in [-0.15, -0.1) is 0 Å². The van der Waals surface area contributed by atoms with Crippen molar-refractivity contribution in [1.82, 2.24) is 0 Å². The molecule has 2 aromatic carbocycles. The molecule has 1 amide bonds. The molecule has 1 N–H and O–H groups in total. The van der Waals surface area contributed by atoms with E-state index in [1.54, 1.807) is 24.3 Å². The van der Waals surface area contributed by atoms with Gasteiger partial charge in [-0.1, -0.05) is 23.7 Å². The first-order valence-electron chi connectivity index (χ1n) is 7.28. The Kier molecular flexibility index (Phi) is 7.15. The molecule has 2 aromatic rings. The summed E-state index contributed by atoms with van der Waals surface area (Å²) in [6.45, 7) is -1.59. The number of ether oxygens (including phenoxy) is 2. The van der Waals surface area contributed by atoms with E-state index in [-0.39, 0.29) is 16.5 Å². The van der Waals surface area contributed by atoms with Gasteiger partial charge in [0.2, 0.25) is 0 Å². The highest BCUT2D eigenvalue weighted by molar-refractivity contribution is 14.1. The van der Waals surface area contributed by atoms with Gasteiger partial charge in [0.1, 0.15) is 5.75 Å². The van der Waals surface area contributed by atoms with Crippen molar-refractivity contribution in [3.8, 4) is 5.75 Å². The highest BCUT2D eigenvalue weighted by Crippen LogP contribution is 2.29. The van der Waals surface area contributed by atoms with Crippen LogP contribution in [0.2, 0.25) is 5.02 Å². The Bertz CT molecular complexity index is 819. The molecule has 0 bridgehead atoms. The van der Waals surface area contributed by atoms with Crippen molar-refractivity contribution in [2.75, 3.05) is 5.32 Å². The van der Waals surface area contributed by atoms with Gasteiger partial charge < -0.3 is 14.8 Å². The molecule has 2 rings (SSSR count). The Balaban J connectivity index is 2.00. The Morgan fingerprint density at radius 1 is 1.19 bits per heavy atom. The van der Waals surface area contributed by atoms with Crippen LogP contribution in [0, 0.1) is 3.57 Å². The molecule has 0 spiro atoms. The molecule has 9 heteroatoms. The summed E-state index contributed by atoms with van der Waals surface area (Å²) in [5.41, 5.74) is 0.600. The maximum Gasteiger partial charge on any atom is 0.387 e. The molecular formula is C17H13ClF2INO4. The lowest BCUT2D eigenvalue weighted by Gasteiger charge is -2.15. The molecule has 1 atom stereocenters. The molecule has 0 aliphatic heterocycles. The van der Waals surface area contributed by atoms with Crippen molar-refractivity contribution in [3.63, 3.8) is 0 Å². The first-order valence-corrected chi connectivity index (χ1v) is 8.74. The first-order chi connectivity index (χ1) is 12.3. The van der Waals surface area contributed by atoms with Crippen LogP contribution in [0.1, 0.15) is 17.3 Å². The largest absolute Gasteiger partial charge is 0.449 e. The first kappa shape index (κ1) is 20.4. The van der Waals surface area contributed by atoms with Gasteiger partial charge in [-0.2, -0.15) is 8.78 Å². The number of carbonyl (C=O) groups excluding carboxylic acids is 2. The van der Waals surface area contributed by atoms with E-state index in [9.17, 15) is 18.4 Å². The van der Waals surface area contributed by atoms with Crippen molar-refractivity contribution in [1.29, 1.82) is 0 Å². The van der Waals surface area contributed by atoms with Gasteiger partial charge in [-0.05, 0) is 59.8 Å². The molecule has 0 saturated carbocycles. The van der Waals surface area contributed by atoms with Crippen molar-refractivity contribution in [2.45, 2.75) is 19.6 Å². The molecule has 0 fully saturated rings. The number of halogens is 4. The van der Waals surface area contributed by atoms with Gasteiger partial charge in [0.15, 0.2) is 6.10 Å². The number of alkyl halides is 2. The minimum atomic E-state index is -3.01. The van der Waals surface area contributed by atoms with E-state index in [4.69, 9.17) is 16.3 Å². The van der Waals surface area contributed by atoms with E-state index >= 15 is 0 Å². The summed E-state index contributed by atoms with van der Waals surface area (Å²) in [4.78, 5) is 24.3. The van der Waals surface area contributed by atoms with E-state index in [1.165, 1.54) is 25.1 Å². The number of nitrogens with one attached hydrogen (secondary N) is 1. The lowest BCUT2D eigenvalue weighted by atomic mass is 10.2. The second kappa shape index (κ2) is 9.13. The van der Waals surface area contributed by atoms with Gasteiger partial charge in [-0.3, -0.25) is 4.79 Å². The lowest BCUT2D eigenvalue weighted by Crippen LogP contribution is -2.30. The van der Waals surface area contributed by atoms with Crippen LogP contribution in [0.25, 0.3) is 0 Å². The Morgan fingerprint density at radius 3 is 2.50 bits per heavy atom. The van der Waals surface area contributed by atoms with Crippen molar-refractivity contribution in [2.24, 2.45) is 0 Å². The highest BCUT2D eigenvalue weighted by Gasteiger charge is 2.20. The topological polar surface area (TPSA) is 64.6 Å². The maximum absolute atomic E-state index is 12.2. The van der Waals surface area contributed by atoms with Crippen molar-refractivity contribution < 1.29 is 27.8 Å². The number of hydrogen-bond donors (Lipinski definition) is 1. The Morgan fingerprint density at radius 2 is 1.88 bits per heavy atom. The van der Waals surface area contributed by atoms with Crippen molar-refractivity contribution in [3.05, 3.63) is 56.6 Å². The van der Waals surface area contributed by atoms with Gasteiger partial charge in [0, 0.05) is 9.26 Å². The molecule has 0 aliphatic carbocycles. The van der Waals surface area contributed by atoms with Crippen LogP contribution in [0.3, 0.4) is 0 Å². The van der Waals surface area contributed by atoms with E-state index in [1.807, 2.05) is 22.6 Å². The van der Waals surface area contributed by atoms with Crippen LogP contribution >= 0.6 is 34.2 Å². The van der Waals surface area contributed by atoms with Gasteiger partial charge in [0.05, 0.1) is 10.6 Å². The van der Waals surface area contributed by atoms with Gasteiger partial charge in [0.25, 0.3) is 5.91 Å². The van der Waals surface area contributed by atoms with Crippen LogP contribution in [-0.2, 0) is 9.53 Å². The molecule has 26 heavy (non-hydrogen) atoms. The van der Waals surface area contributed by atoms with E-state index in [2.05, 4.69) is 10.1 Å². The van der Waals surface area contributed by atoms with Gasteiger partial charge in [-0.25, -0.2) is 4.79 Å². The summed E-state index contributed by atoms with van der Waals surface area (Å²) < 4.78 is 34.5. The number of amides is 1. The SMILES string of the molecule is CC(OC(=O)c1ccccc1I)C(=O)Nc1ccc(OC(F)F)c(Cl)c1. The number of carbonyl (C=O) groups is 2. The normalized spacial score (nSPS) is 11.8. The van der Waals surface area contributed by atoms with Crippen LogP contribution in [-0.4, -0.2) is 24.6 Å². The number of anilines is 1. The maximum atomic E-state index is 12.2. The minimum Gasteiger partial charge on any atom is -0.449 e. The third kappa shape index (κ3) is 5.53. The number of benzene rings is 2. The van der Waals surface area contributed by atoms with Gasteiger partial charge >= 0.3 is 12.6 Å². The molecule has 0 radical (unpaired) electrons. The number of hydrogen-bond acceptors (Lipinski definition) is 4. The second-order valence-corrected chi connectivity index (χ2v) is 6.61. The van der Waals surface area contributed by atoms with E-state index in [0.29, 0.717) is 9.13 Å². The van der Waals surface area contributed by atoms with Crippen LogP contribution < -0.4 is 10.1 Å². The fourth-order valence-electron chi connectivity index (χ4n) is 1.92. The molecule has 138 valence electrons. The average Bonchev–Trinajstić information content (AvgIpc) is 2.57. The average molecular weight is 496 g/mol. The summed E-state index contributed by atoms with van der Waals surface area (Å²) in [6.07, 6.45) is -1.07. The minimum absolute atomic E-state index is 0.0911. The predicted octanol–water partition coefficient (Wildman–Crippen LogP) is 4.73. The fourth-order valence-corrected chi connectivity index (χ4v) is 2.75. The molecule has 0 heterocycles. The number of esters is 1. The second-order valence-electron chi connectivity index (χ2n) is 5.04. The smallest absolute Gasteiger partial charge is 0.387 e. The van der Waals surface area contributed by atoms with E-state index < -0.39 is 24.6 Å². The van der Waals surface area contributed by atoms with Crippen molar-refractivity contribution >= 4 is 51.8 Å². The monoisotopic (exact) mass is 495 g/mol. The summed E-state index contributed by atoms with van der Waals surface area (Å²) >= 11 is 7.81. The summed E-state index contributed by atoms with van der Waals surface area (Å²) in [6, 6.07) is 10.6. The summed E-state index contributed by atoms with van der Waals surface area (Å²) in [5, 5.41) is 2.40. The molecular weight excluding hydrogens is 483 g/mol. The summed E-state index contributed by atoms with van der Waals surface area (Å²) in [5.74, 6) is -1.43. The zero-order chi connectivity index (χ0) is 19.3. The third-order valence-electron chi connectivity index (χ3n) is 3.16. The molecule has 5 nitrogen and oxygen atoms in total. The van der Waals surface area contributed by atoms with E-state index in [0.717, 1.165) is 0 Å². The lowest BCUT2D eigenvalue weighted by molar-refractivity contribution is -0.123. The zero-order valence-corrected chi connectivity index (χ0v) is 16.3. The Labute approximate surface area is 166 Å². The zero-order valence-electron chi connectivity index (χ0n) is 13.3. The molecule has 0 aliphatic rings. The molecule has 0 saturated heterocycles.